The van der Waals surface area contributed by atoms with Gasteiger partial charge in [-0.1, -0.05) is 90.0 Å². The van der Waals surface area contributed by atoms with Crippen LogP contribution in [0.25, 0.3) is 33.2 Å². The molecule has 1 unspecified atom stereocenters. The van der Waals surface area contributed by atoms with E-state index in [1.54, 1.807) is 0 Å². The van der Waals surface area contributed by atoms with E-state index < -0.39 is 0 Å². The molecule has 1 aliphatic carbocycles. The Morgan fingerprint density at radius 1 is 0.875 bits per heavy atom. The van der Waals surface area contributed by atoms with Crippen molar-refractivity contribution in [3.05, 3.63) is 113 Å². The Morgan fingerprint density at radius 2 is 1.59 bits per heavy atom. The summed E-state index contributed by atoms with van der Waals surface area (Å²) in [7, 11) is 0. The Kier molecular flexibility index (Phi) is 9.00. The van der Waals surface area contributed by atoms with Crippen molar-refractivity contribution >= 4 is 33.2 Å². The second kappa shape index (κ2) is 10.9. The summed E-state index contributed by atoms with van der Waals surface area (Å²) in [6.45, 7) is 6.57. The van der Waals surface area contributed by atoms with Gasteiger partial charge in [0.1, 0.15) is 0 Å². The van der Waals surface area contributed by atoms with Gasteiger partial charge in [-0.05, 0) is 43.0 Å². The van der Waals surface area contributed by atoms with E-state index in [1.807, 2.05) is 0 Å². The van der Waals surface area contributed by atoms with E-state index in [0.29, 0.717) is 0 Å². The summed E-state index contributed by atoms with van der Waals surface area (Å²) in [5.41, 5.74) is 8.13. The van der Waals surface area contributed by atoms with Crippen molar-refractivity contribution in [3.63, 3.8) is 0 Å². The van der Waals surface area contributed by atoms with Gasteiger partial charge >= 0.3 is 26.2 Å². The van der Waals surface area contributed by atoms with Crippen LogP contribution in [0.1, 0.15) is 42.0 Å². The molecule has 0 amide bonds. The molecule has 0 saturated carbocycles. The molecule has 4 aromatic carbocycles. The van der Waals surface area contributed by atoms with E-state index in [-0.39, 0.29) is 56.9 Å². The summed E-state index contributed by atoms with van der Waals surface area (Å²) in [4.78, 5) is 0. The second-order valence-electron chi connectivity index (χ2n) is 8.27. The van der Waals surface area contributed by atoms with Gasteiger partial charge in [-0.25, -0.2) is 0 Å². The molecule has 0 bridgehead atoms. The van der Waals surface area contributed by atoms with E-state index in [0.717, 1.165) is 0 Å². The molecular formula is C29H25Cl2Zr. The van der Waals surface area contributed by atoms with Crippen molar-refractivity contribution in [3.8, 4) is 0 Å². The van der Waals surface area contributed by atoms with Crippen LogP contribution in [-0.4, -0.2) is 0 Å². The first-order valence-corrected chi connectivity index (χ1v) is 10.3. The maximum Gasteiger partial charge on any atom is 3.00 e. The third-order valence-electron chi connectivity index (χ3n) is 6.07. The number of halogens is 2. The topological polar surface area (TPSA) is 0 Å². The summed E-state index contributed by atoms with van der Waals surface area (Å²) in [6, 6.07) is 24.5. The van der Waals surface area contributed by atoms with Crippen LogP contribution in [0.5, 0.6) is 0 Å². The van der Waals surface area contributed by atoms with Gasteiger partial charge in [0.05, 0.1) is 0 Å². The fraction of sp³-hybridized carbons (Fsp3) is 0.138. The van der Waals surface area contributed by atoms with Crippen molar-refractivity contribution in [2.24, 2.45) is 0 Å². The van der Waals surface area contributed by atoms with Gasteiger partial charge in [0, 0.05) is 5.92 Å². The Hall–Kier alpha value is -1.79. The molecule has 159 valence electrons. The van der Waals surface area contributed by atoms with Crippen LogP contribution >= 0.6 is 0 Å². The second-order valence-corrected chi connectivity index (χ2v) is 8.27. The average molecular weight is 536 g/mol. The van der Waals surface area contributed by atoms with Crippen LogP contribution in [0.2, 0.25) is 0 Å². The first-order chi connectivity index (χ1) is 14.1. The minimum Gasteiger partial charge on any atom is -1.00 e. The molecule has 3 heteroatoms. The van der Waals surface area contributed by atoms with Crippen molar-refractivity contribution in [2.75, 3.05) is 0 Å². The van der Waals surface area contributed by atoms with Crippen LogP contribution in [0, 0.1) is 6.92 Å². The molecule has 1 atom stereocenters. The third-order valence-corrected chi connectivity index (χ3v) is 6.07. The standard InChI is InChI=1S/C29H25.2ClH.Zr/c1-19(2)17-21-10-6-12-23(20(21)3)25-13-7-15-27(25)28-16-8-14-26-24-11-5-4-9-22(24)18-29(26)28;;;/h4-18,27H,1-3H3;2*1H;/q-1;;;+3/p-2. The minimum absolute atomic E-state index is 0. The number of hydrogen-bond acceptors (Lipinski definition) is 0. The van der Waals surface area contributed by atoms with Gasteiger partial charge in [-0.15, -0.1) is 33.7 Å². The van der Waals surface area contributed by atoms with Crippen molar-refractivity contribution in [2.45, 2.75) is 26.7 Å². The Labute approximate surface area is 222 Å². The summed E-state index contributed by atoms with van der Waals surface area (Å²) in [5, 5.41) is 5.39. The fourth-order valence-electron chi connectivity index (χ4n) is 4.71. The van der Waals surface area contributed by atoms with E-state index in [9.17, 15) is 0 Å². The van der Waals surface area contributed by atoms with E-state index >= 15 is 0 Å². The smallest absolute Gasteiger partial charge is 1.00 e. The molecule has 0 nitrogen and oxygen atoms in total. The Morgan fingerprint density at radius 3 is 2.38 bits per heavy atom. The van der Waals surface area contributed by atoms with Gasteiger partial charge < -0.3 is 24.8 Å². The van der Waals surface area contributed by atoms with Gasteiger partial charge in [0.15, 0.2) is 0 Å². The van der Waals surface area contributed by atoms with Crippen LogP contribution < -0.4 is 24.8 Å². The zero-order valence-electron chi connectivity index (χ0n) is 18.5. The quantitative estimate of drug-likeness (QED) is 0.353. The summed E-state index contributed by atoms with van der Waals surface area (Å²) in [6.07, 6.45) is 9.13. The summed E-state index contributed by atoms with van der Waals surface area (Å²) in [5.74, 6) is 0.288. The SMILES string of the molecule is CC(C)=Cc1cccc(C2=CC=CC2c2cccc3c2[cH-]c2ccccc23)c1C.[Cl-].[Cl-].[Zr+3]. The molecule has 0 aromatic heterocycles. The Bertz CT molecular complexity index is 1330. The minimum atomic E-state index is 0. The van der Waals surface area contributed by atoms with Crippen LogP contribution in [0.4, 0.5) is 0 Å². The van der Waals surface area contributed by atoms with E-state index in [2.05, 4.69) is 112 Å². The van der Waals surface area contributed by atoms with Crippen LogP contribution in [0.15, 0.2) is 90.5 Å². The largest absolute Gasteiger partial charge is 3.00 e. The molecule has 1 radical (unpaired) electrons. The first-order valence-electron chi connectivity index (χ1n) is 10.3. The maximum absolute atomic E-state index is 2.36. The first kappa shape index (κ1) is 26.5. The van der Waals surface area contributed by atoms with Crippen molar-refractivity contribution in [1.82, 2.24) is 0 Å². The molecule has 0 aliphatic heterocycles. The monoisotopic (exact) mass is 533 g/mol. The van der Waals surface area contributed by atoms with Gasteiger partial charge in [-0.3, -0.25) is 0 Å². The van der Waals surface area contributed by atoms with Crippen molar-refractivity contribution in [1.29, 1.82) is 0 Å². The molecule has 0 fully saturated rings. The number of allylic oxidation sites excluding steroid dienone is 5. The van der Waals surface area contributed by atoms with Gasteiger partial charge in [0.25, 0.3) is 0 Å². The number of rotatable bonds is 3. The summed E-state index contributed by atoms with van der Waals surface area (Å²) < 4.78 is 0. The molecule has 5 rings (SSSR count). The molecule has 0 heterocycles. The maximum atomic E-state index is 2.36. The molecule has 0 N–H and O–H groups in total. The van der Waals surface area contributed by atoms with Crippen LogP contribution in [-0.2, 0) is 26.2 Å². The molecule has 32 heavy (non-hydrogen) atoms. The van der Waals surface area contributed by atoms with Gasteiger partial charge in [-0.2, -0.15) is 0 Å². The molecule has 0 saturated heterocycles. The molecular weight excluding hydrogens is 510 g/mol. The zero-order valence-corrected chi connectivity index (χ0v) is 22.5. The normalized spacial score (nSPS) is 14.3. The number of fused-ring (bicyclic) bond motifs is 3. The fourth-order valence-corrected chi connectivity index (χ4v) is 4.71. The average Bonchev–Trinajstić information content (AvgIpc) is 3.34. The van der Waals surface area contributed by atoms with Crippen LogP contribution in [0.3, 0.4) is 0 Å². The molecule has 4 aromatic rings. The van der Waals surface area contributed by atoms with Crippen molar-refractivity contribution < 1.29 is 51.0 Å². The molecule has 0 spiro atoms. The zero-order chi connectivity index (χ0) is 20.0. The van der Waals surface area contributed by atoms with E-state index in [1.165, 1.54) is 54.9 Å². The molecule has 1 aliphatic rings. The predicted octanol–water partition coefficient (Wildman–Crippen LogP) is 2.19. The number of benzene rings is 3. The van der Waals surface area contributed by atoms with Gasteiger partial charge in [0.2, 0.25) is 0 Å². The number of hydrogen-bond donors (Lipinski definition) is 0. The van der Waals surface area contributed by atoms with E-state index in [4.69, 9.17) is 0 Å². The third kappa shape index (κ3) is 4.62. The summed E-state index contributed by atoms with van der Waals surface area (Å²) >= 11 is 0. The Balaban J connectivity index is 0.00000121. The predicted molar refractivity (Wildman–Crippen MR) is 127 cm³/mol.